The van der Waals surface area contributed by atoms with Crippen LogP contribution in [0.4, 0.5) is 0 Å². The summed E-state index contributed by atoms with van der Waals surface area (Å²) >= 11 is 0. The molecular formula is C13H13N. The molecule has 0 aliphatic heterocycles. The van der Waals surface area contributed by atoms with E-state index in [0.717, 1.165) is 17.8 Å². The van der Waals surface area contributed by atoms with Crippen molar-refractivity contribution in [3.05, 3.63) is 41.2 Å². The minimum Gasteiger partial charge on any atom is -0.245 e. The highest BCUT2D eigenvalue weighted by atomic mass is 14.7. The van der Waals surface area contributed by atoms with Gasteiger partial charge in [0.2, 0.25) is 0 Å². The lowest BCUT2D eigenvalue weighted by molar-refractivity contribution is 0.919. The van der Waals surface area contributed by atoms with Gasteiger partial charge < -0.3 is 0 Å². The van der Waals surface area contributed by atoms with E-state index in [1.54, 1.807) is 0 Å². The third-order valence-electron chi connectivity index (χ3n) is 2.28. The Morgan fingerprint density at radius 3 is 2.93 bits per heavy atom. The Labute approximate surface area is 84.9 Å². The van der Waals surface area contributed by atoms with Crippen molar-refractivity contribution in [3.63, 3.8) is 0 Å². The van der Waals surface area contributed by atoms with Crippen LogP contribution >= 0.6 is 0 Å². The van der Waals surface area contributed by atoms with Crippen LogP contribution in [0, 0.1) is 18.8 Å². The van der Waals surface area contributed by atoms with Crippen LogP contribution in [-0.4, -0.2) is 4.98 Å². The van der Waals surface area contributed by atoms with E-state index in [4.69, 9.17) is 0 Å². The normalized spacial score (nSPS) is 14.5. The van der Waals surface area contributed by atoms with Gasteiger partial charge in [0.1, 0.15) is 5.69 Å². The van der Waals surface area contributed by atoms with Crippen LogP contribution in [0.5, 0.6) is 0 Å². The van der Waals surface area contributed by atoms with Gasteiger partial charge in [-0.15, -0.1) is 0 Å². The predicted octanol–water partition coefficient (Wildman–Crippen LogP) is 2.85. The molecule has 0 atom stereocenters. The van der Waals surface area contributed by atoms with Gasteiger partial charge in [0, 0.05) is 5.69 Å². The Hall–Kier alpha value is -1.55. The van der Waals surface area contributed by atoms with Crippen molar-refractivity contribution in [2.75, 3.05) is 0 Å². The van der Waals surface area contributed by atoms with Gasteiger partial charge in [-0.2, -0.15) is 0 Å². The van der Waals surface area contributed by atoms with E-state index in [0.29, 0.717) is 0 Å². The molecule has 0 N–H and O–H groups in total. The van der Waals surface area contributed by atoms with Gasteiger partial charge in [-0.1, -0.05) is 18.1 Å². The average molecular weight is 183 g/mol. The van der Waals surface area contributed by atoms with Crippen molar-refractivity contribution < 1.29 is 0 Å². The number of hydrogen-bond donors (Lipinski definition) is 0. The molecule has 0 saturated heterocycles. The zero-order valence-corrected chi connectivity index (χ0v) is 8.38. The molecule has 0 amide bonds. The number of aromatic nitrogens is 1. The highest BCUT2D eigenvalue weighted by Gasteiger charge is 1.99. The van der Waals surface area contributed by atoms with Crippen molar-refractivity contribution >= 4 is 0 Å². The predicted molar refractivity (Wildman–Crippen MR) is 57.8 cm³/mol. The fourth-order valence-electron chi connectivity index (χ4n) is 1.54. The molecule has 1 aliphatic rings. The minimum atomic E-state index is 0.873. The highest BCUT2D eigenvalue weighted by Crippen LogP contribution is 2.16. The fourth-order valence-corrected chi connectivity index (χ4v) is 1.54. The second-order valence-corrected chi connectivity index (χ2v) is 3.54. The Bertz CT molecular complexity index is 418. The van der Waals surface area contributed by atoms with E-state index in [-0.39, 0.29) is 0 Å². The Balaban J connectivity index is 2.16. The number of hydrogen-bond acceptors (Lipinski definition) is 1. The van der Waals surface area contributed by atoms with Gasteiger partial charge in [-0.25, -0.2) is 4.98 Å². The van der Waals surface area contributed by atoms with E-state index in [2.05, 4.69) is 22.9 Å². The lowest BCUT2D eigenvalue weighted by Gasteiger charge is -1.91. The fraction of sp³-hybridized carbons (Fsp3) is 0.308. The molecule has 1 heterocycles. The zero-order chi connectivity index (χ0) is 9.80. The maximum absolute atomic E-state index is 4.33. The van der Waals surface area contributed by atoms with Crippen LogP contribution in [0.3, 0.4) is 0 Å². The Morgan fingerprint density at radius 2 is 2.21 bits per heavy atom. The van der Waals surface area contributed by atoms with Gasteiger partial charge >= 0.3 is 0 Å². The van der Waals surface area contributed by atoms with Crippen LogP contribution < -0.4 is 0 Å². The van der Waals surface area contributed by atoms with Gasteiger partial charge in [0.15, 0.2) is 0 Å². The number of aryl methyl sites for hydroxylation is 1. The molecule has 2 rings (SSSR count). The standard InChI is InChI=1S/C13H13N/c1-11-5-4-8-13(14-11)10-9-12-6-2-3-7-12/h4-6,8H,2-3,7H2,1H3. The van der Waals surface area contributed by atoms with Crippen molar-refractivity contribution in [2.45, 2.75) is 26.2 Å². The molecule has 1 aromatic rings. The first-order valence-electron chi connectivity index (χ1n) is 4.99. The summed E-state index contributed by atoms with van der Waals surface area (Å²) in [5.74, 6) is 6.27. The maximum atomic E-state index is 4.33. The lowest BCUT2D eigenvalue weighted by Crippen LogP contribution is -1.84. The summed E-state index contributed by atoms with van der Waals surface area (Å²) in [4.78, 5) is 4.33. The molecule has 0 radical (unpaired) electrons. The van der Waals surface area contributed by atoms with Crippen molar-refractivity contribution in [1.29, 1.82) is 0 Å². The molecule has 1 heteroatoms. The van der Waals surface area contributed by atoms with Gasteiger partial charge in [0.25, 0.3) is 0 Å². The average Bonchev–Trinajstić information content (AvgIpc) is 2.67. The first-order valence-corrected chi connectivity index (χ1v) is 4.99. The number of allylic oxidation sites excluding steroid dienone is 2. The molecule has 0 fully saturated rings. The monoisotopic (exact) mass is 183 g/mol. The summed E-state index contributed by atoms with van der Waals surface area (Å²) in [7, 11) is 0. The SMILES string of the molecule is Cc1cccc(C#CC2=CCCC2)n1. The maximum Gasteiger partial charge on any atom is 0.113 e. The topological polar surface area (TPSA) is 12.9 Å². The molecule has 14 heavy (non-hydrogen) atoms. The first kappa shape index (κ1) is 9.02. The van der Waals surface area contributed by atoms with E-state index in [1.165, 1.54) is 18.4 Å². The zero-order valence-electron chi connectivity index (χ0n) is 8.38. The summed E-state index contributed by atoms with van der Waals surface area (Å²) in [5, 5.41) is 0. The molecule has 0 aromatic carbocycles. The third kappa shape index (κ3) is 2.23. The molecule has 1 aromatic heterocycles. The number of pyridine rings is 1. The largest absolute Gasteiger partial charge is 0.245 e. The van der Waals surface area contributed by atoms with Crippen LogP contribution in [0.1, 0.15) is 30.7 Å². The molecule has 1 nitrogen and oxygen atoms in total. The van der Waals surface area contributed by atoms with E-state index in [9.17, 15) is 0 Å². The summed E-state index contributed by atoms with van der Waals surface area (Å²) in [5.41, 5.74) is 3.17. The van der Waals surface area contributed by atoms with E-state index >= 15 is 0 Å². The first-order chi connectivity index (χ1) is 6.84. The summed E-state index contributed by atoms with van der Waals surface area (Å²) in [6.45, 7) is 1.99. The number of nitrogens with zero attached hydrogens (tertiary/aromatic N) is 1. The Kier molecular flexibility index (Phi) is 2.65. The molecule has 0 spiro atoms. The second-order valence-electron chi connectivity index (χ2n) is 3.54. The van der Waals surface area contributed by atoms with Crippen LogP contribution in [0.2, 0.25) is 0 Å². The molecule has 0 bridgehead atoms. The third-order valence-corrected chi connectivity index (χ3v) is 2.28. The van der Waals surface area contributed by atoms with Gasteiger partial charge in [-0.3, -0.25) is 0 Å². The highest BCUT2D eigenvalue weighted by molar-refractivity contribution is 5.38. The van der Waals surface area contributed by atoms with E-state index < -0.39 is 0 Å². The van der Waals surface area contributed by atoms with Crippen molar-refractivity contribution in [2.24, 2.45) is 0 Å². The lowest BCUT2D eigenvalue weighted by atomic mass is 10.2. The summed E-state index contributed by atoms with van der Waals surface area (Å²) in [6, 6.07) is 5.94. The summed E-state index contributed by atoms with van der Waals surface area (Å²) in [6.07, 6.45) is 5.80. The quantitative estimate of drug-likeness (QED) is 0.563. The van der Waals surface area contributed by atoms with Crippen LogP contribution in [-0.2, 0) is 0 Å². The van der Waals surface area contributed by atoms with Crippen LogP contribution in [0.15, 0.2) is 29.8 Å². The summed E-state index contributed by atoms with van der Waals surface area (Å²) < 4.78 is 0. The smallest absolute Gasteiger partial charge is 0.113 e. The van der Waals surface area contributed by atoms with Crippen LogP contribution in [0.25, 0.3) is 0 Å². The molecular weight excluding hydrogens is 170 g/mol. The minimum absolute atomic E-state index is 0.873. The van der Waals surface area contributed by atoms with Gasteiger partial charge in [0.05, 0.1) is 0 Å². The van der Waals surface area contributed by atoms with Crippen molar-refractivity contribution in [3.8, 4) is 11.8 Å². The molecule has 0 unspecified atom stereocenters. The van der Waals surface area contributed by atoms with Crippen molar-refractivity contribution in [1.82, 2.24) is 4.98 Å². The molecule has 0 saturated carbocycles. The molecule has 70 valence electrons. The Morgan fingerprint density at radius 1 is 1.29 bits per heavy atom. The molecule has 1 aliphatic carbocycles. The number of rotatable bonds is 0. The van der Waals surface area contributed by atoms with E-state index in [1.807, 2.05) is 25.1 Å². The second kappa shape index (κ2) is 4.11. The van der Waals surface area contributed by atoms with Gasteiger partial charge in [-0.05, 0) is 49.8 Å².